The van der Waals surface area contributed by atoms with E-state index >= 15 is 0 Å². The third kappa shape index (κ3) is 3.26. The standard InChI is InChI=1S/C15H15N5O2S/c1-3-20-14(21)13(8-11-4-6-12(22-2)7-5-11)23-15(20)18-19-9-16-17-10-19/h4-10H,3H2,1-2H3/b13-8-,18-15-. The third-order valence-electron chi connectivity index (χ3n) is 3.23. The zero-order chi connectivity index (χ0) is 16.2. The highest BCUT2D eigenvalue weighted by Gasteiger charge is 2.32. The van der Waals surface area contributed by atoms with Crippen LogP contribution >= 0.6 is 11.8 Å². The highest BCUT2D eigenvalue weighted by Crippen LogP contribution is 2.32. The summed E-state index contributed by atoms with van der Waals surface area (Å²) in [5, 5.41) is 12.4. The van der Waals surface area contributed by atoms with E-state index in [0.717, 1.165) is 11.3 Å². The molecule has 1 fully saturated rings. The molecular formula is C15H15N5O2S. The Hall–Kier alpha value is -2.61. The fourth-order valence-corrected chi connectivity index (χ4v) is 3.11. The van der Waals surface area contributed by atoms with Crippen LogP contribution in [0.15, 0.2) is 46.9 Å². The molecule has 7 nitrogen and oxygen atoms in total. The number of hydrogen-bond donors (Lipinski definition) is 0. The number of thioether (sulfide) groups is 1. The van der Waals surface area contributed by atoms with Crippen molar-refractivity contribution in [1.29, 1.82) is 0 Å². The minimum Gasteiger partial charge on any atom is -0.497 e. The molecule has 23 heavy (non-hydrogen) atoms. The van der Waals surface area contributed by atoms with Gasteiger partial charge in [-0.3, -0.25) is 9.69 Å². The van der Waals surface area contributed by atoms with E-state index in [-0.39, 0.29) is 5.91 Å². The first-order valence-electron chi connectivity index (χ1n) is 7.00. The lowest BCUT2D eigenvalue weighted by Gasteiger charge is -2.11. The second-order valence-electron chi connectivity index (χ2n) is 4.66. The highest BCUT2D eigenvalue weighted by atomic mass is 32.2. The van der Waals surface area contributed by atoms with Gasteiger partial charge in [-0.2, -0.15) is 0 Å². The fourth-order valence-electron chi connectivity index (χ4n) is 2.06. The Morgan fingerprint density at radius 2 is 1.96 bits per heavy atom. The van der Waals surface area contributed by atoms with Crippen LogP contribution in [0.1, 0.15) is 12.5 Å². The van der Waals surface area contributed by atoms with Crippen LogP contribution in [-0.4, -0.2) is 44.5 Å². The number of hydrogen-bond acceptors (Lipinski definition) is 6. The van der Waals surface area contributed by atoms with Crippen LogP contribution < -0.4 is 4.74 Å². The van der Waals surface area contributed by atoms with Crippen LogP contribution in [0.25, 0.3) is 6.08 Å². The molecule has 0 bridgehead atoms. The van der Waals surface area contributed by atoms with Crippen molar-refractivity contribution < 1.29 is 9.53 Å². The first-order valence-corrected chi connectivity index (χ1v) is 7.82. The van der Waals surface area contributed by atoms with E-state index in [0.29, 0.717) is 16.6 Å². The summed E-state index contributed by atoms with van der Waals surface area (Å²) < 4.78 is 6.62. The molecule has 2 heterocycles. The van der Waals surface area contributed by atoms with Crippen molar-refractivity contribution in [3.63, 3.8) is 0 Å². The van der Waals surface area contributed by atoms with Crippen molar-refractivity contribution in [1.82, 2.24) is 19.8 Å². The van der Waals surface area contributed by atoms with Crippen LogP contribution in [0.2, 0.25) is 0 Å². The van der Waals surface area contributed by atoms with Gasteiger partial charge in [0.15, 0.2) is 5.17 Å². The number of methoxy groups -OCH3 is 1. The SMILES string of the molecule is CCN1C(=O)/C(=C/c2ccc(OC)cc2)S/C1=N\n1cnnc1. The van der Waals surface area contributed by atoms with E-state index in [1.165, 1.54) is 29.1 Å². The number of carbonyl (C=O) groups excluding carboxylic acids is 1. The fraction of sp³-hybridized carbons (Fsp3) is 0.200. The van der Waals surface area contributed by atoms with Crippen LogP contribution in [0.4, 0.5) is 0 Å². The van der Waals surface area contributed by atoms with Crippen molar-refractivity contribution in [2.75, 3.05) is 13.7 Å². The van der Waals surface area contributed by atoms with Gasteiger partial charge < -0.3 is 4.74 Å². The largest absolute Gasteiger partial charge is 0.497 e. The molecule has 1 saturated heterocycles. The minimum atomic E-state index is -0.0554. The molecule has 1 amide bonds. The average Bonchev–Trinajstić information content (AvgIpc) is 3.17. The summed E-state index contributed by atoms with van der Waals surface area (Å²) in [6, 6.07) is 7.54. The predicted octanol–water partition coefficient (Wildman–Crippen LogP) is 2.04. The third-order valence-corrected chi connectivity index (χ3v) is 4.22. The Morgan fingerprint density at radius 3 is 2.57 bits per heavy atom. The maximum absolute atomic E-state index is 12.5. The molecule has 0 radical (unpaired) electrons. The smallest absolute Gasteiger partial charge is 0.266 e. The molecule has 0 atom stereocenters. The molecule has 1 aliphatic heterocycles. The van der Waals surface area contributed by atoms with Crippen molar-refractivity contribution in [3.05, 3.63) is 47.4 Å². The minimum absolute atomic E-state index is 0.0554. The summed E-state index contributed by atoms with van der Waals surface area (Å²) in [4.78, 5) is 14.7. The molecule has 8 heteroatoms. The molecule has 1 aromatic carbocycles. The molecule has 118 valence electrons. The van der Waals surface area contributed by atoms with Gasteiger partial charge in [-0.25, -0.2) is 4.68 Å². The summed E-state index contributed by atoms with van der Waals surface area (Å²) in [6.45, 7) is 2.46. The molecule has 0 aliphatic carbocycles. The molecular weight excluding hydrogens is 314 g/mol. The normalized spacial score (nSPS) is 18.2. The molecule has 0 saturated carbocycles. The summed E-state index contributed by atoms with van der Waals surface area (Å²) in [7, 11) is 1.62. The Morgan fingerprint density at radius 1 is 1.26 bits per heavy atom. The van der Waals surface area contributed by atoms with E-state index in [1.54, 1.807) is 12.0 Å². The second kappa shape index (κ2) is 6.66. The van der Waals surface area contributed by atoms with Gasteiger partial charge in [0, 0.05) is 6.54 Å². The van der Waals surface area contributed by atoms with Gasteiger partial charge in [0.2, 0.25) is 0 Å². The van der Waals surface area contributed by atoms with Crippen molar-refractivity contribution >= 4 is 28.9 Å². The highest BCUT2D eigenvalue weighted by molar-refractivity contribution is 8.18. The number of amidine groups is 1. The monoisotopic (exact) mass is 329 g/mol. The number of benzene rings is 1. The molecule has 3 rings (SSSR count). The van der Waals surface area contributed by atoms with Gasteiger partial charge in [0.1, 0.15) is 18.4 Å². The van der Waals surface area contributed by atoms with Gasteiger partial charge in [-0.05, 0) is 42.5 Å². The Bertz CT molecular complexity index is 753. The maximum Gasteiger partial charge on any atom is 0.266 e. The number of carbonyl (C=O) groups is 1. The summed E-state index contributed by atoms with van der Waals surface area (Å²) >= 11 is 1.33. The van der Waals surface area contributed by atoms with Gasteiger partial charge in [-0.15, -0.1) is 15.3 Å². The van der Waals surface area contributed by atoms with Gasteiger partial charge in [0.25, 0.3) is 5.91 Å². The molecule has 1 aromatic heterocycles. The van der Waals surface area contributed by atoms with Crippen LogP contribution in [0, 0.1) is 0 Å². The van der Waals surface area contributed by atoms with E-state index in [1.807, 2.05) is 37.3 Å². The second-order valence-corrected chi connectivity index (χ2v) is 5.67. The summed E-state index contributed by atoms with van der Waals surface area (Å²) in [6.07, 6.45) is 4.82. The van der Waals surface area contributed by atoms with Gasteiger partial charge >= 0.3 is 0 Å². The lowest BCUT2D eigenvalue weighted by Crippen LogP contribution is -2.29. The number of amides is 1. The quantitative estimate of drug-likeness (QED) is 0.803. The Balaban J connectivity index is 1.88. The van der Waals surface area contributed by atoms with Gasteiger partial charge in [-0.1, -0.05) is 12.1 Å². The molecule has 0 spiro atoms. The van der Waals surface area contributed by atoms with E-state index < -0.39 is 0 Å². The van der Waals surface area contributed by atoms with Crippen LogP contribution in [0.5, 0.6) is 5.75 Å². The molecule has 1 aliphatic rings. The topological polar surface area (TPSA) is 72.6 Å². The zero-order valence-corrected chi connectivity index (χ0v) is 13.5. The Kier molecular flexibility index (Phi) is 4.42. The first kappa shape index (κ1) is 15.3. The number of likely N-dealkylation sites (N-methyl/N-ethyl adjacent to an activating group) is 1. The van der Waals surface area contributed by atoms with E-state index in [4.69, 9.17) is 4.74 Å². The van der Waals surface area contributed by atoms with E-state index in [2.05, 4.69) is 15.3 Å². The molecule has 0 N–H and O–H groups in total. The average molecular weight is 329 g/mol. The van der Waals surface area contributed by atoms with E-state index in [9.17, 15) is 4.79 Å². The van der Waals surface area contributed by atoms with Crippen LogP contribution in [0.3, 0.4) is 0 Å². The lowest BCUT2D eigenvalue weighted by atomic mass is 10.2. The first-order chi connectivity index (χ1) is 11.2. The molecule has 0 unspecified atom stereocenters. The van der Waals surface area contributed by atoms with Gasteiger partial charge in [0.05, 0.1) is 12.0 Å². The number of nitrogens with zero attached hydrogens (tertiary/aromatic N) is 5. The van der Waals surface area contributed by atoms with Crippen molar-refractivity contribution in [2.45, 2.75) is 6.92 Å². The zero-order valence-electron chi connectivity index (χ0n) is 12.7. The number of ether oxygens (including phenoxy) is 1. The number of aromatic nitrogens is 3. The summed E-state index contributed by atoms with van der Waals surface area (Å²) in [5.74, 6) is 0.725. The Labute approximate surface area is 137 Å². The lowest BCUT2D eigenvalue weighted by molar-refractivity contribution is -0.122. The maximum atomic E-state index is 12.5. The van der Waals surface area contributed by atoms with Crippen molar-refractivity contribution in [2.24, 2.45) is 5.10 Å². The number of rotatable bonds is 4. The van der Waals surface area contributed by atoms with Crippen molar-refractivity contribution in [3.8, 4) is 5.75 Å². The summed E-state index contributed by atoms with van der Waals surface area (Å²) in [5.41, 5.74) is 0.934. The molecule has 2 aromatic rings. The van der Waals surface area contributed by atoms with Crippen LogP contribution in [-0.2, 0) is 4.79 Å². The predicted molar refractivity (Wildman–Crippen MR) is 88.8 cm³/mol.